The third-order valence-corrected chi connectivity index (χ3v) is 8.94. The van der Waals surface area contributed by atoms with Crippen LogP contribution in [-0.2, 0) is 27.7 Å². The zero-order valence-electron chi connectivity index (χ0n) is 16.5. The van der Waals surface area contributed by atoms with E-state index in [9.17, 15) is 8.42 Å². The highest BCUT2D eigenvalue weighted by atomic mass is 32.2. The molecular formula is C20H33N3O3S. The van der Waals surface area contributed by atoms with Crippen molar-refractivity contribution in [3.8, 4) is 0 Å². The lowest BCUT2D eigenvalue weighted by atomic mass is 9.90. The molecule has 0 unspecified atom stereocenters. The Morgan fingerprint density at radius 2 is 2.00 bits per heavy atom. The number of hydrogen-bond donors (Lipinski definition) is 0. The summed E-state index contributed by atoms with van der Waals surface area (Å²) in [5.74, 6) is 0.829. The van der Waals surface area contributed by atoms with Gasteiger partial charge in [-0.15, -0.1) is 0 Å². The second kappa shape index (κ2) is 8.21. The number of fused-ring (bicyclic) bond motifs is 2. The van der Waals surface area contributed by atoms with E-state index in [0.717, 1.165) is 56.8 Å². The Labute approximate surface area is 163 Å². The van der Waals surface area contributed by atoms with Gasteiger partial charge in [-0.05, 0) is 44.4 Å². The van der Waals surface area contributed by atoms with Gasteiger partial charge in [-0.3, -0.25) is 4.90 Å². The molecule has 6 nitrogen and oxygen atoms in total. The van der Waals surface area contributed by atoms with Crippen molar-refractivity contribution in [2.45, 2.75) is 87.3 Å². The van der Waals surface area contributed by atoms with Crippen LogP contribution in [0.3, 0.4) is 0 Å². The number of likely N-dealkylation sites (tertiary alicyclic amines) is 1. The highest BCUT2D eigenvalue weighted by Gasteiger charge is 2.37. The molecule has 2 heterocycles. The summed E-state index contributed by atoms with van der Waals surface area (Å²) in [6, 6.07) is 0.668. The molecular weight excluding hydrogens is 362 g/mol. The fraction of sp³-hybridized carbons (Fsp3) is 0.850. The number of rotatable bonds is 8. The van der Waals surface area contributed by atoms with E-state index in [0.29, 0.717) is 24.3 Å². The van der Waals surface area contributed by atoms with Gasteiger partial charge in [-0.1, -0.05) is 19.3 Å². The van der Waals surface area contributed by atoms with E-state index < -0.39 is 9.84 Å². The van der Waals surface area contributed by atoms with Gasteiger partial charge >= 0.3 is 0 Å². The van der Waals surface area contributed by atoms with Crippen LogP contribution in [0, 0.1) is 5.92 Å². The molecule has 7 heteroatoms. The summed E-state index contributed by atoms with van der Waals surface area (Å²) in [6.07, 6.45) is 11.5. The molecule has 2 atom stereocenters. The Morgan fingerprint density at radius 3 is 2.74 bits per heavy atom. The van der Waals surface area contributed by atoms with Gasteiger partial charge in [-0.25, -0.2) is 13.4 Å². The first-order valence-corrected chi connectivity index (χ1v) is 12.2. The summed E-state index contributed by atoms with van der Waals surface area (Å²) in [6.45, 7) is 3.27. The third kappa shape index (κ3) is 3.96. The van der Waals surface area contributed by atoms with E-state index in [1.807, 2.05) is 10.8 Å². The summed E-state index contributed by atoms with van der Waals surface area (Å²) in [5.41, 5.74) is 1.05. The normalized spacial score (nSPS) is 26.9. The molecule has 152 valence electrons. The predicted molar refractivity (Wildman–Crippen MR) is 104 cm³/mol. The quantitative estimate of drug-likeness (QED) is 0.633. The van der Waals surface area contributed by atoms with Crippen LogP contribution in [-0.4, -0.2) is 54.4 Å². The first-order chi connectivity index (χ1) is 13.1. The summed E-state index contributed by atoms with van der Waals surface area (Å²) < 4.78 is 33.6. The molecule has 1 aromatic rings. The number of sulfone groups is 1. The van der Waals surface area contributed by atoms with Crippen LogP contribution in [0.5, 0.6) is 0 Å². The maximum Gasteiger partial charge on any atom is 0.228 e. The van der Waals surface area contributed by atoms with Crippen LogP contribution < -0.4 is 0 Å². The largest absolute Gasteiger partial charge is 0.385 e. The van der Waals surface area contributed by atoms with Gasteiger partial charge in [0.2, 0.25) is 15.0 Å². The van der Waals surface area contributed by atoms with Crippen molar-refractivity contribution in [2.75, 3.05) is 20.3 Å². The fourth-order valence-corrected chi connectivity index (χ4v) is 7.31. The van der Waals surface area contributed by atoms with Gasteiger partial charge in [0.25, 0.3) is 0 Å². The Bertz CT molecular complexity index is 740. The van der Waals surface area contributed by atoms with Crippen molar-refractivity contribution in [2.24, 2.45) is 5.92 Å². The highest BCUT2D eigenvalue weighted by molar-refractivity contribution is 7.91. The monoisotopic (exact) mass is 395 g/mol. The molecule has 2 saturated carbocycles. The SMILES string of the molecule is COCCCn1c(CN2C[C@@H]3CCC[C@H]2C3)cnc1S(=O)(=O)C1CCCC1. The molecule has 1 aromatic heterocycles. The van der Waals surface area contributed by atoms with E-state index in [-0.39, 0.29) is 5.25 Å². The minimum Gasteiger partial charge on any atom is -0.385 e. The Kier molecular flexibility index (Phi) is 5.90. The maximum atomic E-state index is 13.2. The Hall–Kier alpha value is -0.920. The molecule has 0 amide bonds. The van der Waals surface area contributed by atoms with E-state index in [2.05, 4.69) is 9.88 Å². The van der Waals surface area contributed by atoms with Crippen LogP contribution in [0.1, 0.15) is 63.5 Å². The molecule has 0 N–H and O–H groups in total. The van der Waals surface area contributed by atoms with Crippen LogP contribution in [0.25, 0.3) is 0 Å². The number of ether oxygens (including phenoxy) is 1. The number of aromatic nitrogens is 2. The van der Waals surface area contributed by atoms with Gasteiger partial charge in [-0.2, -0.15) is 0 Å². The molecule has 2 aliphatic carbocycles. The van der Waals surface area contributed by atoms with Crippen LogP contribution in [0.15, 0.2) is 11.4 Å². The van der Waals surface area contributed by atoms with E-state index in [4.69, 9.17) is 4.74 Å². The van der Waals surface area contributed by atoms with Gasteiger partial charge in [0.05, 0.1) is 17.1 Å². The third-order valence-electron chi connectivity index (χ3n) is 6.76. The van der Waals surface area contributed by atoms with Crippen molar-refractivity contribution in [1.29, 1.82) is 0 Å². The molecule has 1 aliphatic heterocycles. The summed E-state index contributed by atoms with van der Waals surface area (Å²) >= 11 is 0. The van der Waals surface area contributed by atoms with Crippen molar-refractivity contribution >= 4 is 9.84 Å². The second-order valence-corrected chi connectivity index (χ2v) is 10.7. The lowest BCUT2D eigenvalue weighted by Crippen LogP contribution is -2.30. The van der Waals surface area contributed by atoms with Crippen LogP contribution in [0.4, 0.5) is 0 Å². The zero-order valence-corrected chi connectivity index (χ0v) is 17.3. The predicted octanol–water partition coefficient (Wildman–Crippen LogP) is 3.01. The van der Waals surface area contributed by atoms with Crippen molar-refractivity contribution < 1.29 is 13.2 Å². The lowest BCUT2D eigenvalue weighted by molar-refractivity contribution is 0.187. The molecule has 3 aliphatic rings. The molecule has 0 aromatic carbocycles. The average molecular weight is 396 g/mol. The highest BCUT2D eigenvalue weighted by Crippen LogP contribution is 2.36. The minimum atomic E-state index is -3.34. The average Bonchev–Trinajstić information content (AvgIpc) is 3.37. The van der Waals surface area contributed by atoms with Gasteiger partial charge in [0.15, 0.2) is 0 Å². The molecule has 0 radical (unpaired) electrons. The molecule has 1 saturated heterocycles. The second-order valence-electron chi connectivity index (χ2n) is 8.60. The van der Waals surface area contributed by atoms with Crippen LogP contribution >= 0.6 is 0 Å². The Balaban J connectivity index is 1.58. The summed E-state index contributed by atoms with van der Waals surface area (Å²) in [7, 11) is -1.65. The van der Waals surface area contributed by atoms with Crippen LogP contribution in [0.2, 0.25) is 0 Å². The van der Waals surface area contributed by atoms with Crippen molar-refractivity contribution in [3.05, 3.63) is 11.9 Å². The van der Waals surface area contributed by atoms with E-state index in [1.165, 1.54) is 25.7 Å². The first kappa shape index (κ1) is 19.4. The fourth-order valence-electron chi connectivity index (χ4n) is 5.34. The lowest BCUT2D eigenvalue weighted by Gasteiger charge is -2.25. The molecule has 4 rings (SSSR count). The molecule has 2 bridgehead atoms. The molecule has 0 spiro atoms. The zero-order chi connectivity index (χ0) is 18.9. The number of imidazole rings is 1. The minimum absolute atomic E-state index is 0.250. The smallest absolute Gasteiger partial charge is 0.228 e. The van der Waals surface area contributed by atoms with Gasteiger partial charge < -0.3 is 9.30 Å². The van der Waals surface area contributed by atoms with Crippen molar-refractivity contribution in [3.63, 3.8) is 0 Å². The van der Waals surface area contributed by atoms with Gasteiger partial charge in [0, 0.05) is 39.4 Å². The molecule has 3 fully saturated rings. The van der Waals surface area contributed by atoms with E-state index >= 15 is 0 Å². The van der Waals surface area contributed by atoms with E-state index in [1.54, 1.807) is 7.11 Å². The number of hydrogen-bond acceptors (Lipinski definition) is 5. The molecule has 27 heavy (non-hydrogen) atoms. The standard InChI is InChI=1S/C20H33N3O3S/c1-26-11-5-10-23-18(15-22-14-16-6-4-7-17(22)12-16)13-21-20(23)27(24,25)19-8-2-3-9-19/h13,16-17,19H,2-12,14-15H2,1H3/t16-,17+/m1/s1. The van der Waals surface area contributed by atoms with Gasteiger partial charge in [0.1, 0.15) is 0 Å². The Morgan fingerprint density at radius 1 is 1.19 bits per heavy atom. The maximum absolute atomic E-state index is 13.2. The van der Waals surface area contributed by atoms with Crippen molar-refractivity contribution in [1.82, 2.24) is 14.5 Å². The topological polar surface area (TPSA) is 64.4 Å². The summed E-state index contributed by atoms with van der Waals surface area (Å²) in [4.78, 5) is 7.01. The number of nitrogens with zero attached hydrogens (tertiary/aromatic N) is 3. The first-order valence-electron chi connectivity index (χ1n) is 10.6. The number of methoxy groups -OCH3 is 1. The summed E-state index contributed by atoms with van der Waals surface area (Å²) in [5, 5.41) is 0.0441.